The van der Waals surface area contributed by atoms with Crippen molar-refractivity contribution in [3.05, 3.63) is 46.2 Å². The van der Waals surface area contributed by atoms with Crippen LogP contribution in [0, 0.1) is 6.92 Å². The Kier molecular flexibility index (Phi) is 3.04. The van der Waals surface area contributed by atoms with Gasteiger partial charge in [-0.15, -0.1) is 0 Å². The van der Waals surface area contributed by atoms with Gasteiger partial charge in [-0.05, 0) is 32.6 Å². The summed E-state index contributed by atoms with van der Waals surface area (Å²) in [7, 11) is 0. The molecule has 0 spiro atoms. The van der Waals surface area contributed by atoms with E-state index in [4.69, 9.17) is 11.6 Å². The third-order valence-corrected chi connectivity index (χ3v) is 3.76. The van der Waals surface area contributed by atoms with Crippen LogP contribution in [-0.2, 0) is 12.8 Å². The minimum Gasteiger partial charge on any atom is -0.233 e. The van der Waals surface area contributed by atoms with Gasteiger partial charge < -0.3 is 0 Å². The molecule has 0 bridgehead atoms. The Balaban J connectivity index is 2.08. The van der Waals surface area contributed by atoms with E-state index in [9.17, 15) is 0 Å². The lowest BCUT2D eigenvalue weighted by Crippen LogP contribution is -2.08. The van der Waals surface area contributed by atoms with Gasteiger partial charge in [-0.2, -0.15) is 0 Å². The minimum absolute atomic E-state index is 0.635. The van der Waals surface area contributed by atoms with Crippen LogP contribution in [-0.4, -0.2) is 9.97 Å². The van der Waals surface area contributed by atoms with Gasteiger partial charge in [0.25, 0.3) is 0 Å². The van der Waals surface area contributed by atoms with E-state index in [0.717, 1.165) is 35.5 Å². The predicted molar refractivity (Wildman–Crippen MR) is 73.9 cm³/mol. The van der Waals surface area contributed by atoms with Crippen molar-refractivity contribution in [1.29, 1.82) is 0 Å². The molecule has 2 aromatic rings. The van der Waals surface area contributed by atoms with Gasteiger partial charge in [-0.25, -0.2) is 9.97 Å². The summed E-state index contributed by atoms with van der Waals surface area (Å²) in [6, 6.07) is 8.25. The molecular weight excluding hydrogens is 244 g/mol. The Morgan fingerprint density at radius 2 is 1.72 bits per heavy atom. The first-order valence-electron chi connectivity index (χ1n) is 6.36. The Morgan fingerprint density at radius 3 is 2.50 bits per heavy atom. The Labute approximate surface area is 112 Å². The molecule has 0 N–H and O–H groups in total. The number of hydrogen-bond donors (Lipinski definition) is 0. The Hall–Kier alpha value is -1.41. The molecule has 3 heteroatoms. The molecule has 0 saturated carbocycles. The van der Waals surface area contributed by atoms with Crippen molar-refractivity contribution in [1.82, 2.24) is 9.97 Å². The zero-order valence-electron chi connectivity index (χ0n) is 10.4. The van der Waals surface area contributed by atoms with Gasteiger partial charge in [0.1, 0.15) is 5.15 Å². The first-order valence-corrected chi connectivity index (χ1v) is 6.74. The molecule has 18 heavy (non-hydrogen) atoms. The summed E-state index contributed by atoms with van der Waals surface area (Å²) in [5.74, 6) is 0.751. The fourth-order valence-corrected chi connectivity index (χ4v) is 2.66. The molecule has 0 radical (unpaired) electrons. The van der Waals surface area contributed by atoms with Gasteiger partial charge in [-0.3, -0.25) is 0 Å². The molecule has 1 aliphatic carbocycles. The van der Waals surface area contributed by atoms with Crippen LogP contribution in [0.1, 0.15) is 29.7 Å². The van der Waals surface area contributed by atoms with Gasteiger partial charge in [-0.1, -0.05) is 41.4 Å². The van der Waals surface area contributed by atoms with Crippen LogP contribution < -0.4 is 0 Å². The largest absolute Gasteiger partial charge is 0.233 e. The maximum atomic E-state index is 6.28. The van der Waals surface area contributed by atoms with E-state index >= 15 is 0 Å². The van der Waals surface area contributed by atoms with Gasteiger partial charge >= 0.3 is 0 Å². The third kappa shape index (κ3) is 2.13. The molecule has 0 amide bonds. The summed E-state index contributed by atoms with van der Waals surface area (Å²) < 4.78 is 0. The van der Waals surface area contributed by atoms with E-state index in [1.54, 1.807) is 0 Å². The van der Waals surface area contributed by atoms with Crippen molar-refractivity contribution < 1.29 is 0 Å². The van der Waals surface area contributed by atoms with Crippen LogP contribution >= 0.6 is 11.6 Å². The molecule has 0 fully saturated rings. The van der Waals surface area contributed by atoms with Gasteiger partial charge in [0.05, 0.1) is 0 Å². The number of rotatable bonds is 1. The van der Waals surface area contributed by atoms with Gasteiger partial charge in [0, 0.05) is 16.8 Å². The molecule has 92 valence electrons. The molecule has 0 unspecified atom stereocenters. The molecule has 0 atom stereocenters. The summed E-state index contributed by atoms with van der Waals surface area (Å²) in [5.41, 5.74) is 4.56. The first-order chi connectivity index (χ1) is 8.74. The fraction of sp³-hybridized carbons (Fsp3) is 0.333. The highest BCUT2D eigenvalue weighted by Gasteiger charge is 2.17. The summed E-state index contributed by atoms with van der Waals surface area (Å²) >= 11 is 6.28. The number of aryl methyl sites for hydroxylation is 2. The second-order valence-corrected chi connectivity index (χ2v) is 5.19. The second-order valence-electron chi connectivity index (χ2n) is 4.84. The third-order valence-electron chi connectivity index (χ3n) is 3.44. The first kappa shape index (κ1) is 11.7. The standard InChI is InChI=1S/C15H15ClN2/c1-10-6-8-11(9-7-10)15-17-13-5-3-2-4-12(13)14(16)18-15/h6-9H,2-5H2,1H3. The number of fused-ring (bicyclic) bond motifs is 1. The number of hydrogen-bond acceptors (Lipinski definition) is 2. The average Bonchev–Trinajstić information content (AvgIpc) is 2.39. The SMILES string of the molecule is Cc1ccc(-c2nc(Cl)c3c(n2)CCCC3)cc1. The predicted octanol–water partition coefficient (Wildman–Crippen LogP) is 3.98. The average molecular weight is 259 g/mol. The smallest absolute Gasteiger partial charge is 0.161 e. The monoisotopic (exact) mass is 258 g/mol. The van der Waals surface area contributed by atoms with E-state index < -0.39 is 0 Å². The van der Waals surface area contributed by atoms with Crippen LogP contribution in [0.3, 0.4) is 0 Å². The van der Waals surface area contributed by atoms with Crippen molar-refractivity contribution in [3.63, 3.8) is 0 Å². The van der Waals surface area contributed by atoms with E-state index in [0.29, 0.717) is 5.15 Å². The number of halogens is 1. The quantitative estimate of drug-likeness (QED) is 0.723. The van der Waals surface area contributed by atoms with Crippen LogP contribution in [0.2, 0.25) is 5.15 Å². The maximum absolute atomic E-state index is 6.28. The van der Waals surface area contributed by atoms with Crippen molar-refractivity contribution in [2.75, 3.05) is 0 Å². The molecule has 1 heterocycles. The lowest BCUT2D eigenvalue weighted by Gasteiger charge is -2.16. The molecular formula is C15H15ClN2. The maximum Gasteiger partial charge on any atom is 0.161 e. The number of nitrogens with zero attached hydrogens (tertiary/aromatic N) is 2. The van der Waals surface area contributed by atoms with Crippen LogP contribution in [0.4, 0.5) is 0 Å². The summed E-state index contributed by atoms with van der Waals surface area (Å²) in [4.78, 5) is 9.12. The van der Waals surface area contributed by atoms with Crippen molar-refractivity contribution in [2.24, 2.45) is 0 Å². The van der Waals surface area contributed by atoms with Gasteiger partial charge in [0.15, 0.2) is 5.82 Å². The number of aromatic nitrogens is 2. The lowest BCUT2D eigenvalue weighted by molar-refractivity contribution is 0.663. The molecule has 1 aliphatic rings. The number of benzene rings is 1. The van der Waals surface area contributed by atoms with Crippen molar-refractivity contribution in [2.45, 2.75) is 32.6 Å². The normalized spacial score (nSPS) is 14.3. The Bertz CT molecular complexity index is 576. The van der Waals surface area contributed by atoms with E-state index in [-0.39, 0.29) is 0 Å². The van der Waals surface area contributed by atoms with Crippen molar-refractivity contribution >= 4 is 11.6 Å². The van der Waals surface area contributed by atoms with E-state index in [2.05, 4.69) is 41.2 Å². The summed E-state index contributed by atoms with van der Waals surface area (Å²) in [6.07, 6.45) is 4.44. The lowest BCUT2D eigenvalue weighted by atomic mass is 9.97. The highest BCUT2D eigenvalue weighted by Crippen LogP contribution is 2.28. The van der Waals surface area contributed by atoms with Crippen molar-refractivity contribution in [3.8, 4) is 11.4 Å². The molecule has 3 rings (SSSR count). The van der Waals surface area contributed by atoms with Crippen LogP contribution in [0.15, 0.2) is 24.3 Å². The van der Waals surface area contributed by atoms with Gasteiger partial charge in [0.2, 0.25) is 0 Å². The molecule has 1 aromatic heterocycles. The fourth-order valence-electron chi connectivity index (χ4n) is 2.38. The van der Waals surface area contributed by atoms with Crippen LogP contribution in [0.25, 0.3) is 11.4 Å². The summed E-state index contributed by atoms with van der Waals surface area (Å²) in [5, 5.41) is 0.635. The zero-order valence-corrected chi connectivity index (χ0v) is 11.2. The van der Waals surface area contributed by atoms with Crippen LogP contribution in [0.5, 0.6) is 0 Å². The minimum atomic E-state index is 0.635. The molecule has 0 aliphatic heterocycles. The van der Waals surface area contributed by atoms with E-state index in [1.807, 2.05) is 0 Å². The highest BCUT2D eigenvalue weighted by atomic mass is 35.5. The molecule has 0 saturated heterocycles. The summed E-state index contributed by atoms with van der Waals surface area (Å²) in [6.45, 7) is 2.07. The second kappa shape index (κ2) is 4.69. The van der Waals surface area contributed by atoms with E-state index in [1.165, 1.54) is 18.4 Å². The molecule has 1 aromatic carbocycles. The Morgan fingerprint density at radius 1 is 1.00 bits per heavy atom. The zero-order chi connectivity index (χ0) is 12.5. The highest BCUT2D eigenvalue weighted by molar-refractivity contribution is 6.30. The topological polar surface area (TPSA) is 25.8 Å². The molecule has 2 nitrogen and oxygen atoms in total.